The molecule has 1 atom stereocenters. The molecule has 0 fully saturated rings. The molecular weight excluding hydrogens is 842 g/mol. The first-order valence-corrected chi connectivity index (χ1v) is 21.4. The molecule has 0 saturated heterocycles. The fraction of sp³-hybridized carbons (Fsp3) is 0.0179. The summed E-state index contributed by atoms with van der Waals surface area (Å²) < 4.78 is 0.0127. The minimum atomic E-state index is 0.0127. The maximum atomic E-state index is 7.10. The summed E-state index contributed by atoms with van der Waals surface area (Å²) >= 11 is 2.52. The zero-order chi connectivity index (χ0) is 40.4. The Labute approximate surface area is 364 Å². The van der Waals surface area contributed by atoms with Crippen LogP contribution in [0.25, 0.3) is 77.4 Å². The molecular formula is C56H40IN3. The first-order chi connectivity index (χ1) is 29.6. The highest BCUT2D eigenvalue weighted by atomic mass is 127. The predicted molar refractivity (Wildman–Crippen MR) is 263 cm³/mol. The number of alkyl halides is 1. The standard InChI is InChI=1S/C56H40IN3/c57-56(44-19-9-3-10-20-44)60(46-21-11-4-12-22-46)54-34-33-45(35-52(54)58)53-37-50(43-31-27-41(28-32-43)39-17-7-2-8-18-39)51-36-49(47-23-13-14-24-48(47)55(51)59-53)42-29-25-40(26-30-42)38-15-5-1-6-16-38/h1-37,56H,58H2. The lowest BCUT2D eigenvalue weighted by molar-refractivity contribution is 0.983. The average Bonchev–Trinajstić information content (AvgIpc) is 3.33. The summed E-state index contributed by atoms with van der Waals surface area (Å²) in [6.45, 7) is 0. The van der Waals surface area contributed by atoms with Gasteiger partial charge in [0.2, 0.25) is 0 Å². The molecule has 2 N–H and O–H groups in total. The molecule has 1 aromatic heterocycles. The number of anilines is 3. The summed E-state index contributed by atoms with van der Waals surface area (Å²) in [4.78, 5) is 7.81. The van der Waals surface area contributed by atoms with E-state index in [2.05, 4.69) is 246 Å². The van der Waals surface area contributed by atoms with Gasteiger partial charge >= 0.3 is 0 Å². The van der Waals surface area contributed by atoms with Crippen molar-refractivity contribution in [3.05, 3.63) is 230 Å². The Balaban J connectivity index is 1.14. The highest BCUT2D eigenvalue weighted by molar-refractivity contribution is 14.1. The number of nitrogens with zero attached hydrogens (tertiary/aromatic N) is 2. The molecule has 10 aromatic rings. The normalized spacial score (nSPS) is 11.8. The van der Waals surface area contributed by atoms with Crippen LogP contribution in [0, 0.1) is 0 Å². The van der Waals surface area contributed by atoms with E-state index >= 15 is 0 Å². The lowest BCUT2D eigenvalue weighted by Gasteiger charge is -2.31. The lowest BCUT2D eigenvalue weighted by Crippen LogP contribution is -2.20. The molecule has 0 spiro atoms. The number of fused-ring (bicyclic) bond motifs is 3. The van der Waals surface area contributed by atoms with E-state index in [-0.39, 0.29) is 4.05 Å². The van der Waals surface area contributed by atoms with Gasteiger partial charge in [-0.1, -0.05) is 211 Å². The Hall–Kier alpha value is -7.02. The molecule has 0 aliphatic heterocycles. The van der Waals surface area contributed by atoms with Gasteiger partial charge in [-0.3, -0.25) is 0 Å². The van der Waals surface area contributed by atoms with E-state index in [9.17, 15) is 0 Å². The van der Waals surface area contributed by atoms with E-state index in [0.717, 1.165) is 61.0 Å². The molecule has 0 saturated carbocycles. The Morgan fingerprint density at radius 2 is 0.850 bits per heavy atom. The first-order valence-electron chi connectivity index (χ1n) is 20.2. The zero-order valence-corrected chi connectivity index (χ0v) is 34.9. The van der Waals surface area contributed by atoms with Crippen LogP contribution in [0.15, 0.2) is 224 Å². The van der Waals surface area contributed by atoms with Crippen LogP contribution in [0.5, 0.6) is 0 Å². The number of aromatic nitrogens is 1. The quantitative estimate of drug-likeness (QED) is 0.0516. The first kappa shape index (κ1) is 37.3. The fourth-order valence-corrected chi connectivity index (χ4v) is 9.34. The van der Waals surface area contributed by atoms with E-state index in [0.29, 0.717) is 5.69 Å². The average molecular weight is 882 g/mol. The van der Waals surface area contributed by atoms with Gasteiger partial charge in [-0.15, -0.1) is 0 Å². The van der Waals surface area contributed by atoms with Crippen molar-refractivity contribution in [2.75, 3.05) is 10.6 Å². The van der Waals surface area contributed by atoms with E-state index in [1.807, 2.05) is 6.07 Å². The summed E-state index contributed by atoms with van der Waals surface area (Å²) in [5.41, 5.74) is 23.1. The van der Waals surface area contributed by atoms with Crippen LogP contribution in [-0.4, -0.2) is 4.98 Å². The maximum absolute atomic E-state index is 7.10. The molecule has 9 aromatic carbocycles. The van der Waals surface area contributed by atoms with Crippen molar-refractivity contribution in [2.45, 2.75) is 4.05 Å². The molecule has 286 valence electrons. The van der Waals surface area contributed by atoms with Gasteiger partial charge in [0, 0.05) is 22.0 Å². The van der Waals surface area contributed by atoms with Gasteiger partial charge in [0.1, 0.15) is 4.05 Å². The third-order valence-corrected chi connectivity index (χ3v) is 12.6. The van der Waals surface area contributed by atoms with Crippen LogP contribution < -0.4 is 10.6 Å². The minimum absolute atomic E-state index is 0.0127. The van der Waals surface area contributed by atoms with Crippen molar-refractivity contribution in [1.29, 1.82) is 0 Å². The van der Waals surface area contributed by atoms with Gasteiger partial charge in [-0.2, -0.15) is 0 Å². The molecule has 1 unspecified atom stereocenters. The van der Waals surface area contributed by atoms with Crippen LogP contribution in [0.3, 0.4) is 0 Å². The van der Waals surface area contributed by atoms with Gasteiger partial charge in [0.25, 0.3) is 0 Å². The number of nitrogens with two attached hydrogens (primary N) is 1. The van der Waals surface area contributed by atoms with Crippen molar-refractivity contribution in [1.82, 2.24) is 4.98 Å². The molecule has 3 nitrogen and oxygen atoms in total. The summed E-state index contributed by atoms with van der Waals surface area (Å²) in [7, 11) is 0. The summed E-state index contributed by atoms with van der Waals surface area (Å²) in [6.07, 6.45) is 0. The molecule has 1 heterocycles. The third kappa shape index (κ3) is 7.20. The smallest absolute Gasteiger partial charge is 0.111 e. The van der Waals surface area contributed by atoms with Gasteiger partial charge in [0.05, 0.1) is 22.6 Å². The second-order valence-electron chi connectivity index (χ2n) is 15.0. The van der Waals surface area contributed by atoms with Gasteiger partial charge in [-0.25, -0.2) is 4.98 Å². The van der Waals surface area contributed by atoms with Gasteiger partial charge < -0.3 is 10.6 Å². The molecule has 0 amide bonds. The monoisotopic (exact) mass is 881 g/mol. The van der Waals surface area contributed by atoms with Crippen LogP contribution in [0.4, 0.5) is 17.1 Å². The Morgan fingerprint density at radius 3 is 1.42 bits per heavy atom. The Bertz CT molecular complexity index is 3080. The van der Waals surface area contributed by atoms with Crippen LogP contribution in [-0.2, 0) is 0 Å². The Kier molecular flexibility index (Phi) is 10.1. The van der Waals surface area contributed by atoms with Gasteiger partial charge in [0.15, 0.2) is 0 Å². The van der Waals surface area contributed by atoms with Crippen molar-refractivity contribution in [3.63, 3.8) is 0 Å². The number of rotatable bonds is 9. The zero-order valence-electron chi connectivity index (χ0n) is 32.8. The number of pyridine rings is 1. The van der Waals surface area contributed by atoms with Crippen molar-refractivity contribution >= 4 is 61.3 Å². The molecule has 10 rings (SSSR count). The van der Waals surface area contributed by atoms with E-state index in [1.54, 1.807) is 0 Å². The van der Waals surface area contributed by atoms with Crippen LogP contribution >= 0.6 is 22.6 Å². The van der Waals surface area contributed by atoms with E-state index < -0.39 is 0 Å². The van der Waals surface area contributed by atoms with Crippen molar-refractivity contribution in [3.8, 4) is 55.8 Å². The number of hydrogen-bond acceptors (Lipinski definition) is 3. The Morgan fingerprint density at radius 1 is 0.400 bits per heavy atom. The molecule has 0 bridgehead atoms. The SMILES string of the molecule is Nc1cc(-c2cc(-c3ccc(-c4ccccc4)cc3)c3cc(-c4ccc(-c5ccccc5)cc4)c4ccccc4c3n2)ccc1N(c1ccccc1)C(I)c1ccccc1. The highest BCUT2D eigenvalue weighted by Crippen LogP contribution is 2.45. The van der Waals surface area contributed by atoms with Crippen LogP contribution in [0.2, 0.25) is 0 Å². The van der Waals surface area contributed by atoms with Crippen molar-refractivity contribution in [2.24, 2.45) is 0 Å². The highest BCUT2D eigenvalue weighted by Gasteiger charge is 2.23. The number of nitrogen functional groups attached to an aromatic ring is 1. The van der Waals surface area contributed by atoms with Gasteiger partial charge in [-0.05, 0) is 91.9 Å². The lowest BCUT2D eigenvalue weighted by atomic mass is 9.90. The van der Waals surface area contributed by atoms with E-state index in [1.165, 1.54) is 33.4 Å². The van der Waals surface area contributed by atoms with Crippen LogP contribution in [0.1, 0.15) is 9.61 Å². The number of hydrogen-bond donors (Lipinski definition) is 1. The number of para-hydroxylation sites is 1. The largest absolute Gasteiger partial charge is 0.397 e. The summed E-state index contributed by atoms with van der Waals surface area (Å²) in [6, 6.07) is 79.6. The third-order valence-electron chi connectivity index (χ3n) is 11.3. The molecule has 4 heteroatoms. The fourth-order valence-electron chi connectivity index (χ4n) is 8.30. The summed E-state index contributed by atoms with van der Waals surface area (Å²) in [5.74, 6) is 0. The topological polar surface area (TPSA) is 42.1 Å². The second-order valence-corrected chi connectivity index (χ2v) is 16.2. The van der Waals surface area contributed by atoms with Crippen molar-refractivity contribution < 1.29 is 0 Å². The predicted octanol–water partition coefficient (Wildman–Crippen LogP) is 15.6. The summed E-state index contributed by atoms with van der Waals surface area (Å²) in [5, 5.41) is 3.37. The maximum Gasteiger partial charge on any atom is 0.111 e. The molecule has 0 radical (unpaired) electrons. The molecule has 0 aliphatic carbocycles. The van der Waals surface area contributed by atoms with E-state index in [4.69, 9.17) is 10.7 Å². The molecule has 60 heavy (non-hydrogen) atoms. The minimum Gasteiger partial charge on any atom is -0.397 e. The molecule has 0 aliphatic rings. The number of halogens is 1. The second kappa shape index (κ2) is 16.3. The number of benzene rings is 9.